The highest BCUT2D eigenvalue weighted by Crippen LogP contribution is 2.29. The number of anilines is 3. The lowest BCUT2D eigenvalue weighted by molar-refractivity contribution is -0.119. The molecule has 44 heavy (non-hydrogen) atoms. The molecular formula is C31H43FN6O6. The van der Waals surface area contributed by atoms with Gasteiger partial charge in [-0.15, -0.1) is 0 Å². The third-order valence-electron chi connectivity index (χ3n) is 7.96. The van der Waals surface area contributed by atoms with E-state index in [1.807, 2.05) is 37.8 Å². The van der Waals surface area contributed by atoms with Crippen LogP contribution in [0, 0.1) is 5.82 Å². The molecule has 3 amide bonds. The fraction of sp³-hybridized carbons (Fsp3) is 0.581. The van der Waals surface area contributed by atoms with Gasteiger partial charge in [0.1, 0.15) is 23.3 Å². The van der Waals surface area contributed by atoms with Gasteiger partial charge in [-0.2, -0.15) is 0 Å². The van der Waals surface area contributed by atoms with Crippen LogP contribution in [0.1, 0.15) is 46.3 Å². The van der Waals surface area contributed by atoms with Gasteiger partial charge in [-0.05, 0) is 57.9 Å². The van der Waals surface area contributed by atoms with E-state index in [0.717, 1.165) is 50.7 Å². The number of halogens is 1. The smallest absolute Gasteiger partial charge is 0.414 e. The van der Waals surface area contributed by atoms with Crippen molar-refractivity contribution < 1.29 is 32.7 Å². The van der Waals surface area contributed by atoms with Crippen molar-refractivity contribution in [2.45, 2.75) is 64.8 Å². The van der Waals surface area contributed by atoms with E-state index in [-0.39, 0.29) is 31.1 Å². The van der Waals surface area contributed by atoms with E-state index in [9.17, 15) is 14.4 Å². The second-order valence-corrected chi connectivity index (χ2v) is 12.6. The number of cyclic esters (lactones) is 1. The maximum atomic E-state index is 15.2. The summed E-state index contributed by atoms with van der Waals surface area (Å²) in [5, 5.41) is 5.61. The molecule has 1 aromatic heterocycles. The van der Waals surface area contributed by atoms with Gasteiger partial charge in [-0.1, -0.05) is 0 Å². The highest BCUT2D eigenvalue weighted by atomic mass is 19.1. The average molecular weight is 615 g/mol. The van der Waals surface area contributed by atoms with Gasteiger partial charge >= 0.3 is 12.2 Å². The molecular weight excluding hydrogens is 571 g/mol. The number of rotatable bonds is 8. The predicted molar refractivity (Wildman–Crippen MR) is 164 cm³/mol. The Hall–Kier alpha value is -4.00. The highest BCUT2D eigenvalue weighted by molar-refractivity contribution is 5.90. The molecule has 3 saturated heterocycles. The molecule has 5 rings (SSSR count). The molecule has 3 aliphatic heterocycles. The Bertz CT molecular complexity index is 1330. The molecule has 12 nitrogen and oxygen atoms in total. The van der Waals surface area contributed by atoms with Gasteiger partial charge in [0.15, 0.2) is 5.88 Å². The Morgan fingerprint density at radius 3 is 2.41 bits per heavy atom. The Labute approximate surface area is 257 Å². The Kier molecular flexibility index (Phi) is 9.52. The molecule has 240 valence electrons. The SMILES string of the molecule is CC(=O)NCC1CN(c2ccc(N3CCN(Cc4ccc(N5CCC(NC(=O)OC(C)(C)C)CC5)o4)CC3)c(F)c2)C(=O)O1. The maximum absolute atomic E-state index is 15.2. The van der Waals surface area contributed by atoms with E-state index in [1.54, 1.807) is 12.1 Å². The second kappa shape index (κ2) is 13.3. The molecule has 13 heteroatoms. The van der Waals surface area contributed by atoms with Crippen LogP contribution in [0.5, 0.6) is 0 Å². The molecule has 3 fully saturated rings. The fourth-order valence-corrected chi connectivity index (χ4v) is 5.72. The number of hydrogen-bond acceptors (Lipinski definition) is 9. The van der Waals surface area contributed by atoms with Crippen LogP contribution in [0.2, 0.25) is 0 Å². The summed E-state index contributed by atoms with van der Waals surface area (Å²) in [6.45, 7) is 12.5. The number of hydrogen-bond donors (Lipinski definition) is 2. The van der Waals surface area contributed by atoms with Crippen LogP contribution < -0.4 is 25.3 Å². The molecule has 0 aliphatic carbocycles. The van der Waals surface area contributed by atoms with Gasteiger partial charge in [0.2, 0.25) is 5.91 Å². The number of amides is 3. The van der Waals surface area contributed by atoms with Crippen LogP contribution in [0.3, 0.4) is 0 Å². The molecule has 1 aromatic carbocycles. The van der Waals surface area contributed by atoms with Crippen molar-refractivity contribution in [3.63, 3.8) is 0 Å². The standard InChI is InChI=1S/C31H43FN6O6/c1-21(39)33-18-25-20-38(30(41)43-25)23-5-7-27(26(32)17-23)36-15-13-35(14-16-36)19-24-6-8-28(42-24)37-11-9-22(10-12-37)34-29(40)44-31(2,3)4/h5-8,17,22,25H,9-16,18-20H2,1-4H3,(H,33,39)(H,34,40). The maximum Gasteiger partial charge on any atom is 0.414 e. The summed E-state index contributed by atoms with van der Waals surface area (Å²) in [6.07, 6.45) is 0.222. The summed E-state index contributed by atoms with van der Waals surface area (Å²) in [4.78, 5) is 43.5. The number of alkyl carbamates (subject to hydrolysis) is 1. The van der Waals surface area contributed by atoms with Crippen LogP contribution >= 0.6 is 0 Å². The van der Waals surface area contributed by atoms with Crippen LogP contribution in [0.15, 0.2) is 34.7 Å². The van der Waals surface area contributed by atoms with E-state index in [0.29, 0.717) is 31.0 Å². The number of furan rings is 1. The molecule has 2 N–H and O–H groups in total. The summed E-state index contributed by atoms with van der Waals surface area (Å²) in [7, 11) is 0. The third-order valence-corrected chi connectivity index (χ3v) is 7.96. The van der Waals surface area contributed by atoms with Gasteiger partial charge < -0.3 is 34.3 Å². The minimum absolute atomic E-state index is 0.0816. The lowest BCUT2D eigenvalue weighted by atomic mass is 10.1. The van der Waals surface area contributed by atoms with Gasteiger partial charge in [0, 0.05) is 58.3 Å². The lowest BCUT2D eigenvalue weighted by Crippen LogP contribution is -2.46. The number of piperazine rings is 1. The van der Waals surface area contributed by atoms with Crippen LogP contribution in [0.4, 0.5) is 31.2 Å². The topological polar surface area (TPSA) is 120 Å². The number of carbonyl (C=O) groups is 3. The number of benzene rings is 1. The first-order valence-electron chi connectivity index (χ1n) is 15.3. The predicted octanol–water partition coefficient (Wildman–Crippen LogP) is 3.70. The van der Waals surface area contributed by atoms with Crippen LogP contribution in [0.25, 0.3) is 0 Å². The molecule has 1 atom stereocenters. The van der Waals surface area contributed by atoms with Gasteiger partial charge in [-0.3, -0.25) is 14.6 Å². The van der Waals surface area contributed by atoms with Crippen molar-refractivity contribution in [1.82, 2.24) is 15.5 Å². The Morgan fingerprint density at radius 1 is 1.02 bits per heavy atom. The number of piperidine rings is 1. The zero-order valence-electron chi connectivity index (χ0n) is 25.9. The largest absolute Gasteiger partial charge is 0.444 e. The fourth-order valence-electron chi connectivity index (χ4n) is 5.72. The molecule has 3 aliphatic rings. The quantitative estimate of drug-likeness (QED) is 0.459. The van der Waals surface area contributed by atoms with E-state index in [2.05, 4.69) is 20.4 Å². The van der Waals surface area contributed by atoms with E-state index < -0.39 is 23.6 Å². The van der Waals surface area contributed by atoms with Gasteiger partial charge in [-0.25, -0.2) is 14.0 Å². The van der Waals surface area contributed by atoms with E-state index in [4.69, 9.17) is 13.9 Å². The first-order valence-corrected chi connectivity index (χ1v) is 15.3. The molecule has 0 spiro atoms. The minimum Gasteiger partial charge on any atom is -0.444 e. The first kappa shape index (κ1) is 31.4. The summed E-state index contributed by atoms with van der Waals surface area (Å²) >= 11 is 0. The normalized spacial score (nSPS) is 20.1. The monoisotopic (exact) mass is 614 g/mol. The number of carbonyl (C=O) groups excluding carboxylic acids is 3. The zero-order valence-corrected chi connectivity index (χ0v) is 25.9. The van der Waals surface area contributed by atoms with Crippen molar-refractivity contribution in [1.29, 1.82) is 0 Å². The van der Waals surface area contributed by atoms with Crippen LogP contribution in [-0.4, -0.2) is 93.1 Å². The van der Waals surface area contributed by atoms with Gasteiger partial charge in [0.25, 0.3) is 0 Å². The highest BCUT2D eigenvalue weighted by Gasteiger charge is 2.33. The van der Waals surface area contributed by atoms with Crippen molar-refractivity contribution in [3.8, 4) is 0 Å². The van der Waals surface area contributed by atoms with Crippen molar-refractivity contribution in [2.75, 3.05) is 67.1 Å². The molecule has 4 heterocycles. The molecule has 0 radical (unpaired) electrons. The summed E-state index contributed by atoms with van der Waals surface area (Å²) < 4.78 is 32.1. The number of nitrogens with zero attached hydrogens (tertiary/aromatic N) is 4. The summed E-state index contributed by atoms with van der Waals surface area (Å²) in [5.74, 6) is 1.12. The third kappa shape index (κ3) is 8.13. The molecule has 0 bridgehead atoms. The molecule has 0 saturated carbocycles. The Balaban J connectivity index is 1.07. The first-order chi connectivity index (χ1) is 20.9. The van der Waals surface area contributed by atoms with E-state index >= 15 is 4.39 Å². The Morgan fingerprint density at radius 2 is 1.75 bits per heavy atom. The lowest BCUT2D eigenvalue weighted by Gasteiger charge is -2.36. The summed E-state index contributed by atoms with van der Waals surface area (Å²) in [6, 6.07) is 8.90. The van der Waals surface area contributed by atoms with Crippen LogP contribution in [-0.2, 0) is 20.8 Å². The molecule has 1 unspecified atom stereocenters. The zero-order chi connectivity index (χ0) is 31.4. The second-order valence-electron chi connectivity index (χ2n) is 12.6. The number of ether oxygens (including phenoxy) is 2. The van der Waals surface area contributed by atoms with E-state index in [1.165, 1.54) is 17.9 Å². The minimum atomic E-state index is -0.554. The van der Waals surface area contributed by atoms with Crippen molar-refractivity contribution in [2.24, 2.45) is 0 Å². The molecule has 2 aromatic rings. The van der Waals surface area contributed by atoms with Crippen molar-refractivity contribution >= 4 is 35.4 Å². The number of nitrogens with one attached hydrogen (secondary N) is 2. The average Bonchev–Trinajstić information content (AvgIpc) is 3.58. The van der Waals surface area contributed by atoms with Gasteiger partial charge in [0.05, 0.1) is 31.0 Å². The van der Waals surface area contributed by atoms with Crippen molar-refractivity contribution in [3.05, 3.63) is 41.9 Å². The summed E-state index contributed by atoms with van der Waals surface area (Å²) in [5.41, 5.74) is 0.413.